The molecule has 0 bridgehead atoms. The highest BCUT2D eigenvalue weighted by Crippen LogP contribution is 2.50. The van der Waals surface area contributed by atoms with Crippen LogP contribution < -0.4 is 5.32 Å². The van der Waals surface area contributed by atoms with E-state index in [-0.39, 0.29) is 11.3 Å². The molecule has 6 nitrogen and oxygen atoms in total. The van der Waals surface area contributed by atoms with E-state index < -0.39 is 11.1 Å². The van der Waals surface area contributed by atoms with E-state index in [4.69, 9.17) is 0 Å². The molecule has 3 rings (SSSR count). The van der Waals surface area contributed by atoms with Gasteiger partial charge in [0.25, 0.3) is 0 Å². The number of hydrogen-bond acceptors (Lipinski definition) is 5. The average molecular weight is 435 g/mol. The molecular weight excluding hydrogens is 400 g/mol. The van der Waals surface area contributed by atoms with Gasteiger partial charge in [-0.1, -0.05) is 51.0 Å². The lowest BCUT2D eigenvalue weighted by molar-refractivity contribution is -0.127. The largest absolute Gasteiger partial charge is 0.380 e. The molecule has 1 fully saturated rings. The van der Waals surface area contributed by atoms with Crippen molar-refractivity contribution in [2.75, 3.05) is 20.1 Å². The summed E-state index contributed by atoms with van der Waals surface area (Å²) in [5.74, 6) is 6.33. The van der Waals surface area contributed by atoms with Gasteiger partial charge in [-0.2, -0.15) is 5.10 Å². The summed E-state index contributed by atoms with van der Waals surface area (Å²) in [5.41, 5.74) is 0.861. The van der Waals surface area contributed by atoms with Crippen LogP contribution in [0.4, 0.5) is 0 Å². The topological polar surface area (TPSA) is 78.4 Å². The number of nitrogens with zero attached hydrogens (tertiary/aromatic N) is 3. The van der Waals surface area contributed by atoms with Gasteiger partial charge in [0.2, 0.25) is 5.91 Å². The molecule has 32 heavy (non-hydrogen) atoms. The van der Waals surface area contributed by atoms with Gasteiger partial charge in [0.15, 0.2) is 0 Å². The van der Waals surface area contributed by atoms with Crippen LogP contribution in [0.5, 0.6) is 0 Å². The standard InChI is InChI=1S/C26H34N4O2/c1-18(2)20-8-10-21(11-9-20)26(32,25(6)16-30(7)17-25)22-14-23(29-27-15-22)12-13-24(4,5)28-19(3)31/h8-11,14-15,18,32H,16-17H2,1-7H3,(H,28,31). The van der Waals surface area contributed by atoms with Gasteiger partial charge in [0.1, 0.15) is 11.3 Å². The molecule has 2 N–H and O–H groups in total. The number of likely N-dealkylation sites (tertiary alicyclic amines) is 1. The van der Waals surface area contributed by atoms with E-state index in [0.717, 1.165) is 18.7 Å². The summed E-state index contributed by atoms with van der Waals surface area (Å²) in [5, 5.41) is 23.4. The van der Waals surface area contributed by atoms with Crippen LogP contribution in [0, 0.1) is 17.3 Å². The smallest absolute Gasteiger partial charge is 0.218 e. The molecule has 1 unspecified atom stereocenters. The summed E-state index contributed by atoms with van der Waals surface area (Å²) >= 11 is 0. The summed E-state index contributed by atoms with van der Waals surface area (Å²) in [6.07, 6.45) is 1.63. The molecule has 2 heterocycles. The molecule has 1 aliphatic rings. The van der Waals surface area contributed by atoms with Crippen LogP contribution in [0.25, 0.3) is 0 Å². The Balaban J connectivity index is 2.06. The second kappa shape index (κ2) is 8.65. The van der Waals surface area contributed by atoms with E-state index in [1.807, 2.05) is 32.0 Å². The first-order valence-electron chi connectivity index (χ1n) is 11.0. The Hall–Kier alpha value is -2.75. The fourth-order valence-corrected chi connectivity index (χ4v) is 4.66. The van der Waals surface area contributed by atoms with Gasteiger partial charge in [0.05, 0.1) is 11.7 Å². The maximum Gasteiger partial charge on any atom is 0.218 e. The quantitative estimate of drug-likeness (QED) is 0.707. The van der Waals surface area contributed by atoms with E-state index in [1.165, 1.54) is 12.5 Å². The van der Waals surface area contributed by atoms with Crippen LogP contribution in [0.2, 0.25) is 0 Å². The Labute approximate surface area is 191 Å². The van der Waals surface area contributed by atoms with Crippen molar-refractivity contribution in [3.05, 3.63) is 58.9 Å². The number of benzene rings is 1. The molecule has 1 amide bonds. The predicted molar refractivity (Wildman–Crippen MR) is 126 cm³/mol. The lowest BCUT2D eigenvalue weighted by Crippen LogP contribution is -2.63. The normalized spacial score (nSPS) is 17.7. The number of hydrogen-bond donors (Lipinski definition) is 2. The fraction of sp³-hybridized carbons (Fsp3) is 0.500. The summed E-state index contributed by atoms with van der Waals surface area (Å²) in [4.78, 5) is 13.6. The van der Waals surface area contributed by atoms with Crippen molar-refractivity contribution < 1.29 is 9.90 Å². The molecule has 0 spiro atoms. The van der Waals surface area contributed by atoms with Crippen molar-refractivity contribution in [3.63, 3.8) is 0 Å². The second-order valence-corrected chi connectivity index (χ2v) is 10.1. The van der Waals surface area contributed by atoms with Gasteiger partial charge in [-0.3, -0.25) is 4.79 Å². The van der Waals surface area contributed by atoms with E-state index in [2.05, 4.69) is 72.2 Å². The van der Waals surface area contributed by atoms with Crippen molar-refractivity contribution in [2.24, 2.45) is 5.41 Å². The molecular formula is C26H34N4O2. The maximum absolute atomic E-state index is 12.3. The molecule has 1 saturated heterocycles. The number of aromatic nitrogens is 2. The molecule has 170 valence electrons. The van der Waals surface area contributed by atoms with E-state index in [0.29, 0.717) is 17.2 Å². The van der Waals surface area contributed by atoms with Gasteiger partial charge in [0, 0.05) is 31.0 Å². The fourth-order valence-electron chi connectivity index (χ4n) is 4.66. The highest BCUT2D eigenvalue weighted by Gasteiger charge is 2.55. The summed E-state index contributed by atoms with van der Waals surface area (Å²) in [7, 11) is 2.05. The van der Waals surface area contributed by atoms with Crippen LogP contribution in [-0.2, 0) is 10.4 Å². The first-order chi connectivity index (χ1) is 14.9. The summed E-state index contributed by atoms with van der Waals surface area (Å²) < 4.78 is 0. The highest BCUT2D eigenvalue weighted by atomic mass is 16.3. The summed E-state index contributed by atoms with van der Waals surface area (Å²) in [6.45, 7) is 13.1. The number of rotatable bonds is 5. The number of nitrogens with one attached hydrogen (secondary N) is 1. The van der Waals surface area contributed by atoms with Crippen molar-refractivity contribution >= 4 is 5.91 Å². The third kappa shape index (κ3) is 4.69. The molecule has 1 aromatic carbocycles. The van der Waals surface area contributed by atoms with Gasteiger partial charge in [-0.15, -0.1) is 5.10 Å². The molecule has 6 heteroatoms. The SMILES string of the molecule is CC(=O)NC(C)(C)C#Cc1cc(C(O)(c2ccc(C(C)C)cc2)C2(C)CN(C)C2)cnn1. The van der Waals surface area contributed by atoms with E-state index >= 15 is 0 Å². The Morgan fingerprint density at radius 1 is 1.22 bits per heavy atom. The number of amides is 1. The van der Waals surface area contributed by atoms with Crippen LogP contribution in [0.3, 0.4) is 0 Å². The van der Waals surface area contributed by atoms with Gasteiger partial charge >= 0.3 is 0 Å². The first kappa shape index (κ1) is 23.9. The lowest BCUT2D eigenvalue weighted by atomic mass is 9.62. The van der Waals surface area contributed by atoms with Gasteiger partial charge in [-0.05, 0) is 49.9 Å². The van der Waals surface area contributed by atoms with Crippen molar-refractivity contribution in [3.8, 4) is 11.8 Å². The van der Waals surface area contributed by atoms with Crippen LogP contribution in [0.1, 0.15) is 69.8 Å². The number of carbonyl (C=O) groups is 1. The zero-order valence-corrected chi connectivity index (χ0v) is 20.2. The Morgan fingerprint density at radius 3 is 2.38 bits per heavy atom. The summed E-state index contributed by atoms with van der Waals surface area (Å²) in [6, 6.07) is 10.0. The lowest BCUT2D eigenvalue weighted by Gasteiger charge is -2.55. The molecule has 1 aromatic heterocycles. The molecule has 0 aliphatic carbocycles. The molecule has 0 radical (unpaired) electrons. The average Bonchev–Trinajstić information content (AvgIpc) is 2.70. The Bertz CT molecular complexity index is 1040. The second-order valence-electron chi connectivity index (χ2n) is 10.1. The van der Waals surface area contributed by atoms with Gasteiger partial charge < -0.3 is 15.3 Å². The predicted octanol–water partition coefficient (Wildman–Crippen LogP) is 3.05. The van der Waals surface area contributed by atoms with E-state index in [9.17, 15) is 9.90 Å². The maximum atomic E-state index is 12.3. The number of aliphatic hydroxyl groups is 1. The zero-order chi connectivity index (χ0) is 23.7. The first-order valence-corrected chi connectivity index (χ1v) is 11.0. The van der Waals surface area contributed by atoms with Crippen molar-refractivity contribution in [1.82, 2.24) is 20.4 Å². The van der Waals surface area contributed by atoms with Crippen LogP contribution >= 0.6 is 0 Å². The molecule has 1 aliphatic heterocycles. The molecule has 0 saturated carbocycles. The van der Waals surface area contributed by atoms with Crippen molar-refractivity contribution in [1.29, 1.82) is 0 Å². The minimum absolute atomic E-state index is 0.148. The third-order valence-corrected chi connectivity index (χ3v) is 6.17. The van der Waals surface area contributed by atoms with Crippen molar-refractivity contribution in [2.45, 2.75) is 58.6 Å². The monoisotopic (exact) mass is 434 g/mol. The molecule has 2 aromatic rings. The van der Waals surface area contributed by atoms with Crippen LogP contribution in [-0.4, -0.2) is 51.8 Å². The highest BCUT2D eigenvalue weighted by molar-refractivity contribution is 5.74. The van der Waals surface area contributed by atoms with Crippen LogP contribution in [0.15, 0.2) is 36.5 Å². The van der Waals surface area contributed by atoms with Gasteiger partial charge in [-0.25, -0.2) is 0 Å². The third-order valence-electron chi connectivity index (χ3n) is 6.17. The Kier molecular flexibility index (Phi) is 6.46. The van der Waals surface area contributed by atoms with E-state index in [1.54, 1.807) is 6.20 Å². The minimum Gasteiger partial charge on any atom is -0.380 e. The zero-order valence-electron chi connectivity index (χ0n) is 20.2. The number of carbonyl (C=O) groups excluding carboxylic acids is 1. The molecule has 1 atom stereocenters. The Morgan fingerprint density at radius 2 is 1.84 bits per heavy atom. The minimum atomic E-state index is -1.24.